The first-order chi connectivity index (χ1) is 10.5. The fourth-order valence-electron chi connectivity index (χ4n) is 2.35. The molecule has 0 aliphatic heterocycles. The Balaban J connectivity index is 1.79. The van der Waals surface area contributed by atoms with Crippen molar-refractivity contribution in [3.05, 3.63) is 64.4 Å². The average molecular weight is 331 g/mol. The van der Waals surface area contributed by atoms with Gasteiger partial charge in [-0.15, -0.1) is 0 Å². The molecule has 0 amide bonds. The van der Waals surface area contributed by atoms with Crippen molar-refractivity contribution >= 4 is 39.4 Å². The van der Waals surface area contributed by atoms with Gasteiger partial charge in [0.2, 0.25) is 0 Å². The highest BCUT2D eigenvalue weighted by Crippen LogP contribution is 2.29. The van der Waals surface area contributed by atoms with Crippen molar-refractivity contribution in [2.24, 2.45) is 0 Å². The van der Waals surface area contributed by atoms with Crippen molar-refractivity contribution in [3.63, 3.8) is 0 Å². The van der Waals surface area contributed by atoms with Gasteiger partial charge in [0.1, 0.15) is 5.58 Å². The minimum absolute atomic E-state index is 0.0863. The summed E-state index contributed by atoms with van der Waals surface area (Å²) in [6.07, 6.45) is 2.04. The molecule has 1 aromatic heterocycles. The summed E-state index contributed by atoms with van der Waals surface area (Å²) in [5.74, 6) is 0. The number of carbonyl (C=O) groups excluding carboxylic acids is 1. The van der Waals surface area contributed by atoms with Crippen molar-refractivity contribution in [1.29, 1.82) is 0 Å². The van der Waals surface area contributed by atoms with E-state index in [-0.39, 0.29) is 5.12 Å². The Morgan fingerprint density at radius 2 is 1.86 bits per heavy atom. The standard InChI is InChI=1S/C18H15ClO2S/c1-11-3-8-16-13(10-21-18(16)12(11)2)9-17(20)22-15-6-4-14(19)5-7-15/h3-8,10H,9H2,1-2H3. The predicted molar refractivity (Wildman–Crippen MR) is 91.7 cm³/mol. The van der Waals surface area contributed by atoms with Crippen molar-refractivity contribution < 1.29 is 9.21 Å². The maximum atomic E-state index is 12.2. The third kappa shape index (κ3) is 3.06. The molecule has 0 N–H and O–H groups in total. The zero-order chi connectivity index (χ0) is 15.7. The van der Waals surface area contributed by atoms with Gasteiger partial charge in [0.05, 0.1) is 6.26 Å². The number of halogens is 1. The maximum absolute atomic E-state index is 12.2. The smallest absolute Gasteiger partial charge is 0.198 e. The minimum Gasteiger partial charge on any atom is -0.464 e. The first kappa shape index (κ1) is 15.2. The number of hydrogen-bond donors (Lipinski definition) is 0. The van der Waals surface area contributed by atoms with Crippen LogP contribution in [0.25, 0.3) is 11.0 Å². The molecule has 22 heavy (non-hydrogen) atoms. The number of aryl methyl sites for hydroxylation is 2. The van der Waals surface area contributed by atoms with Crippen LogP contribution in [0.3, 0.4) is 0 Å². The molecule has 0 atom stereocenters. The van der Waals surface area contributed by atoms with Crippen LogP contribution in [-0.2, 0) is 11.2 Å². The Labute approximate surface area is 138 Å². The zero-order valence-corrected chi connectivity index (χ0v) is 13.9. The number of rotatable bonds is 3. The van der Waals surface area contributed by atoms with Crippen molar-refractivity contribution in [2.45, 2.75) is 25.2 Å². The van der Waals surface area contributed by atoms with Crippen LogP contribution in [0.15, 0.2) is 52.0 Å². The fourth-order valence-corrected chi connectivity index (χ4v) is 3.24. The average Bonchev–Trinajstić information content (AvgIpc) is 2.89. The molecule has 0 spiro atoms. The molecule has 4 heteroatoms. The van der Waals surface area contributed by atoms with E-state index in [2.05, 4.69) is 13.0 Å². The second-order valence-electron chi connectivity index (χ2n) is 5.25. The molecule has 3 rings (SSSR count). The molecule has 0 saturated carbocycles. The quantitative estimate of drug-likeness (QED) is 0.588. The van der Waals surface area contributed by atoms with Gasteiger partial charge in [-0.05, 0) is 49.2 Å². The largest absolute Gasteiger partial charge is 0.464 e. The van der Waals surface area contributed by atoms with E-state index >= 15 is 0 Å². The van der Waals surface area contributed by atoms with E-state index in [4.69, 9.17) is 16.0 Å². The van der Waals surface area contributed by atoms with Gasteiger partial charge in [-0.1, -0.05) is 35.5 Å². The summed E-state index contributed by atoms with van der Waals surface area (Å²) in [5.41, 5.74) is 4.13. The third-order valence-corrected chi connectivity index (χ3v) is 4.85. The number of furan rings is 1. The molecule has 0 bridgehead atoms. The lowest BCUT2D eigenvalue weighted by Gasteiger charge is -2.02. The summed E-state index contributed by atoms with van der Waals surface area (Å²) in [7, 11) is 0. The normalized spacial score (nSPS) is 11.0. The van der Waals surface area contributed by atoms with Crippen molar-refractivity contribution in [3.8, 4) is 0 Å². The summed E-state index contributed by atoms with van der Waals surface area (Å²) >= 11 is 7.08. The lowest BCUT2D eigenvalue weighted by atomic mass is 10.0. The topological polar surface area (TPSA) is 30.2 Å². The van der Waals surface area contributed by atoms with E-state index in [1.54, 1.807) is 18.4 Å². The molecule has 0 radical (unpaired) electrons. The Bertz CT molecular complexity index is 834. The van der Waals surface area contributed by atoms with Crippen LogP contribution >= 0.6 is 23.4 Å². The second kappa shape index (κ2) is 6.19. The molecule has 0 saturated heterocycles. The number of hydrogen-bond acceptors (Lipinski definition) is 3. The lowest BCUT2D eigenvalue weighted by Crippen LogP contribution is -1.96. The van der Waals surface area contributed by atoms with Crippen molar-refractivity contribution in [1.82, 2.24) is 0 Å². The van der Waals surface area contributed by atoms with Gasteiger partial charge in [0.25, 0.3) is 0 Å². The van der Waals surface area contributed by atoms with E-state index in [1.807, 2.05) is 25.1 Å². The van der Waals surface area contributed by atoms with E-state index in [9.17, 15) is 4.79 Å². The summed E-state index contributed by atoms with van der Waals surface area (Å²) in [5, 5.41) is 1.78. The summed E-state index contributed by atoms with van der Waals surface area (Å²) in [4.78, 5) is 13.1. The number of fused-ring (bicyclic) bond motifs is 1. The molecule has 3 aromatic rings. The van der Waals surface area contributed by atoms with E-state index in [0.717, 1.165) is 27.0 Å². The Kier molecular flexibility index (Phi) is 4.27. The molecule has 0 unspecified atom stereocenters. The van der Waals surface area contributed by atoms with E-state index < -0.39 is 0 Å². The molecule has 0 aliphatic rings. The van der Waals surface area contributed by atoms with Crippen LogP contribution < -0.4 is 0 Å². The highest BCUT2D eigenvalue weighted by molar-refractivity contribution is 8.13. The van der Waals surface area contributed by atoms with Crippen LogP contribution in [0.2, 0.25) is 5.02 Å². The number of benzene rings is 2. The predicted octanol–water partition coefficient (Wildman–Crippen LogP) is 5.56. The molecule has 112 valence electrons. The van der Waals surface area contributed by atoms with Crippen molar-refractivity contribution in [2.75, 3.05) is 0 Å². The highest BCUT2D eigenvalue weighted by Gasteiger charge is 2.13. The third-order valence-electron chi connectivity index (χ3n) is 3.72. The van der Waals surface area contributed by atoms with Crippen LogP contribution in [0.4, 0.5) is 0 Å². The van der Waals surface area contributed by atoms with Gasteiger partial charge in [-0.2, -0.15) is 0 Å². The second-order valence-corrected chi connectivity index (χ2v) is 6.82. The van der Waals surface area contributed by atoms with Gasteiger partial charge < -0.3 is 4.42 Å². The first-order valence-corrected chi connectivity index (χ1v) is 8.16. The molecular formula is C18H15ClO2S. The molecule has 1 heterocycles. The molecule has 0 aliphatic carbocycles. The minimum atomic E-state index is 0.0863. The molecule has 0 fully saturated rings. The van der Waals surface area contributed by atoms with Gasteiger partial charge in [-0.3, -0.25) is 4.79 Å². The SMILES string of the molecule is Cc1ccc2c(CC(=O)Sc3ccc(Cl)cc3)coc2c1C. The highest BCUT2D eigenvalue weighted by atomic mass is 35.5. The van der Waals surface area contributed by atoms with Gasteiger partial charge in [0.15, 0.2) is 5.12 Å². The van der Waals surface area contributed by atoms with Gasteiger partial charge >= 0.3 is 0 Å². The van der Waals surface area contributed by atoms with Gasteiger partial charge in [-0.25, -0.2) is 0 Å². The summed E-state index contributed by atoms with van der Waals surface area (Å²) < 4.78 is 5.65. The molecule has 2 nitrogen and oxygen atoms in total. The molecular weight excluding hydrogens is 316 g/mol. The monoisotopic (exact) mass is 330 g/mol. The van der Waals surface area contributed by atoms with E-state index in [0.29, 0.717) is 11.4 Å². The van der Waals surface area contributed by atoms with Crippen LogP contribution in [-0.4, -0.2) is 5.12 Å². The van der Waals surface area contributed by atoms with E-state index in [1.165, 1.54) is 17.3 Å². The first-order valence-electron chi connectivity index (χ1n) is 6.97. The fraction of sp³-hybridized carbons (Fsp3) is 0.167. The van der Waals surface area contributed by atoms with Crippen LogP contribution in [0.5, 0.6) is 0 Å². The summed E-state index contributed by atoms with van der Waals surface area (Å²) in [6, 6.07) is 11.4. The van der Waals surface area contributed by atoms with Crippen LogP contribution in [0.1, 0.15) is 16.7 Å². The summed E-state index contributed by atoms with van der Waals surface area (Å²) in [6.45, 7) is 4.09. The van der Waals surface area contributed by atoms with Gasteiger partial charge in [0, 0.05) is 27.3 Å². The number of carbonyl (C=O) groups is 1. The maximum Gasteiger partial charge on any atom is 0.198 e. The Morgan fingerprint density at radius 1 is 1.14 bits per heavy atom. The Morgan fingerprint density at radius 3 is 2.59 bits per heavy atom. The van der Waals surface area contributed by atoms with Crippen LogP contribution in [0, 0.1) is 13.8 Å². The zero-order valence-electron chi connectivity index (χ0n) is 12.4. The lowest BCUT2D eigenvalue weighted by molar-refractivity contribution is -0.110. The molecule has 2 aromatic carbocycles. The number of thioether (sulfide) groups is 1. The Hall–Kier alpha value is -1.71.